The van der Waals surface area contributed by atoms with Crippen LogP contribution in [0.1, 0.15) is 36.3 Å². The Morgan fingerprint density at radius 3 is 2.06 bits per heavy atom. The number of rotatable bonds is 8. The summed E-state index contributed by atoms with van der Waals surface area (Å²) in [6, 6.07) is 28.9. The molecule has 6 heteroatoms. The first kappa shape index (κ1) is 23.7. The van der Waals surface area contributed by atoms with Gasteiger partial charge in [-0.1, -0.05) is 60.7 Å². The summed E-state index contributed by atoms with van der Waals surface area (Å²) in [6.45, 7) is 2.27. The van der Waals surface area contributed by atoms with E-state index in [4.69, 9.17) is 0 Å². The molecule has 0 aliphatic carbocycles. The first-order valence-corrected chi connectivity index (χ1v) is 12.6. The number of pyridine rings is 1. The maximum atomic E-state index is 12.9. The van der Waals surface area contributed by atoms with Gasteiger partial charge in [0.05, 0.1) is 5.69 Å². The van der Waals surface area contributed by atoms with Gasteiger partial charge in [-0.2, -0.15) is 0 Å². The van der Waals surface area contributed by atoms with Crippen molar-refractivity contribution >= 4 is 11.7 Å². The summed E-state index contributed by atoms with van der Waals surface area (Å²) in [5.41, 5.74) is 4.39. The third-order valence-corrected chi connectivity index (χ3v) is 6.95. The number of carbonyl (C=O) groups is 1. The van der Waals surface area contributed by atoms with Gasteiger partial charge in [0, 0.05) is 49.4 Å². The van der Waals surface area contributed by atoms with Gasteiger partial charge in [-0.25, -0.2) is 0 Å². The molecule has 1 fully saturated rings. The van der Waals surface area contributed by atoms with Gasteiger partial charge >= 0.3 is 0 Å². The standard InChI is InChI=1S/C30H31N5O/c36-30(32-20-15-27(23-7-3-1-4-8-23)24-9-5-2-6-10-24)26-16-21-35(22-17-26)29-12-11-28(33-34-29)25-13-18-31-19-14-25/h1-14,18-19,26-27H,15-17,20-22H2,(H,32,36). The van der Waals surface area contributed by atoms with E-state index in [0.29, 0.717) is 6.54 Å². The van der Waals surface area contributed by atoms with Crippen molar-refractivity contribution in [3.8, 4) is 11.3 Å². The van der Waals surface area contributed by atoms with Crippen LogP contribution in [-0.4, -0.2) is 40.7 Å². The monoisotopic (exact) mass is 477 g/mol. The van der Waals surface area contributed by atoms with Crippen LogP contribution in [0.5, 0.6) is 0 Å². The van der Waals surface area contributed by atoms with Gasteiger partial charge in [0.25, 0.3) is 0 Å². The molecule has 2 aromatic carbocycles. The lowest BCUT2D eigenvalue weighted by atomic mass is 9.88. The number of nitrogens with zero attached hydrogens (tertiary/aromatic N) is 4. The Kier molecular flexibility index (Phi) is 7.61. The zero-order chi connectivity index (χ0) is 24.6. The van der Waals surface area contributed by atoms with Crippen molar-refractivity contribution < 1.29 is 4.79 Å². The minimum Gasteiger partial charge on any atom is -0.356 e. The van der Waals surface area contributed by atoms with E-state index in [1.807, 2.05) is 36.4 Å². The number of hydrogen-bond donors (Lipinski definition) is 1. The van der Waals surface area contributed by atoms with Crippen molar-refractivity contribution in [3.63, 3.8) is 0 Å². The number of amides is 1. The summed E-state index contributed by atoms with van der Waals surface area (Å²) >= 11 is 0. The third kappa shape index (κ3) is 5.77. The maximum absolute atomic E-state index is 12.9. The van der Waals surface area contributed by atoms with E-state index in [2.05, 4.69) is 73.9 Å². The molecule has 3 heterocycles. The SMILES string of the molecule is O=C(NCCC(c1ccccc1)c1ccccc1)C1CCN(c2ccc(-c3ccncc3)nn2)CC1. The van der Waals surface area contributed by atoms with Crippen LogP contribution in [0.3, 0.4) is 0 Å². The molecule has 0 unspecified atom stereocenters. The zero-order valence-electron chi connectivity index (χ0n) is 20.3. The molecular weight excluding hydrogens is 446 g/mol. The quantitative estimate of drug-likeness (QED) is 0.383. The maximum Gasteiger partial charge on any atom is 0.223 e. The van der Waals surface area contributed by atoms with Crippen LogP contribution in [0.15, 0.2) is 97.3 Å². The minimum absolute atomic E-state index is 0.0391. The summed E-state index contributed by atoms with van der Waals surface area (Å²) < 4.78 is 0. The molecular formula is C30H31N5O. The van der Waals surface area contributed by atoms with Crippen LogP contribution >= 0.6 is 0 Å². The molecule has 0 bridgehead atoms. The molecule has 6 nitrogen and oxygen atoms in total. The fourth-order valence-electron chi connectivity index (χ4n) is 4.92. The average Bonchev–Trinajstić information content (AvgIpc) is 2.97. The summed E-state index contributed by atoms with van der Waals surface area (Å²) in [6.07, 6.45) is 6.02. The van der Waals surface area contributed by atoms with Crippen LogP contribution in [0, 0.1) is 5.92 Å². The van der Waals surface area contributed by atoms with Gasteiger partial charge in [0.1, 0.15) is 0 Å². The average molecular weight is 478 g/mol. The van der Waals surface area contributed by atoms with Crippen molar-refractivity contribution in [2.75, 3.05) is 24.5 Å². The largest absolute Gasteiger partial charge is 0.356 e. The van der Waals surface area contributed by atoms with E-state index >= 15 is 0 Å². The smallest absolute Gasteiger partial charge is 0.223 e. The zero-order valence-corrected chi connectivity index (χ0v) is 20.3. The molecule has 1 aliphatic heterocycles. The Morgan fingerprint density at radius 2 is 1.47 bits per heavy atom. The fourth-order valence-corrected chi connectivity index (χ4v) is 4.92. The van der Waals surface area contributed by atoms with Gasteiger partial charge < -0.3 is 10.2 Å². The van der Waals surface area contributed by atoms with E-state index in [0.717, 1.165) is 49.4 Å². The van der Waals surface area contributed by atoms with Gasteiger partial charge in [-0.15, -0.1) is 10.2 Å². The van der Waals surface area contributed by atoms with Gasteiger partial charge in [-0.05, 0) is 54.7 Å². The second-order valence-electron chi connectivity index (χ2n) is 9.23. The van der Waals surface area contributed by atoms with Crippen molar-refractivity contribution in [2.45, 2.75) is 25.2 Å². The van der Waals surface area contributed by atoms with Crippen LogP contribution in [-0.2, 0) is 4.79 Å². The predicted octanol–water partition coefficient (Wildman–Crippen LogP) is 5.09. The Balaban J connectivity index is 1.12. The molecule has 0 spiro atoms. The Hall–Kier alpha value is -4.06. The van der Waals surface area contributed by atoms with E-state index in [9.17, 15) is 4.79 Å². The second kappa shape index (κ2) is 11.6. The Morgan fingerprint density at radius 1 is 0.833 bits per heavy atom. The molecule has 1 amide bonds. The lowest BCUT2D eigenvalue weighted by Gasteiger charge is -2.32. The Bertz CT molecular complexity index is 1190. The van der Waals surface area contributed by atoms with Crippen molar-refractivity contribution in [1.29, 1.82) is 0 Å². The van der Waals surface area contributed by atoms with Crippen LogP contribution in [0.25, 0.3) is 11.3 Å². The van der Waals surface area contributed by atoms with Crippen LogP contribution < -0.4 is 10.2 Å². The first-order chi connectivity index (χ1) is 17.8. The lowest BCUT2D eigenvalue weighted by molar-refractivity contribution is -0.125. The molecule has 1 saturated heterocycles. The summed E-state index contributed by atoms with van der Waals surface area (Å²) in [4.78, 5) is 19.2. The van der Waals surface area contributed by atoms with Crippen LogP contribution in [0.2, 0.25) is 0 Å². The predicted molar refractivity (Wildman–Crippen MR) is 143 cm³/mol. The Labute approximate surface area is 212 Å². The van der Waals surface area contributed by atoms with Crippen molar-refractivity contribution in [3.05, 3.63) is 108 Å². The molecule has 4 aromatic rings. The van der Waals surface area contributed by atoms with Crippen LogP contribution in [0.4, 0.5) is 5.82 Å². The fraction of sp³-hybridized carbons (Fsp3) is 0.267. The topological polar surface area (TPSA) is 71.0 Å². The highest BCUT2D eigenvalue weighted by molar-refractivity contribution is 5.79. The molecule has 182 valence electrons. The molecule has 0 saturated carbocycles. The number of hydrogen-bond acceptors (Lipinski definition) is 5. The number of aromatic nitrogens is 3. The molecule has 0 radical (unpaired) electrons. The number of piperidine rings is 1. The normalized spacial score (nSPS) is 14.1. The molecule has 36 heavy (non-hydrogen) atoms. The molecule has 1 aliphatic rings. The minimum atomic E-state index is 0.0391. The third-order valence-electron chi connectivity index (χ3n) is 6.95. The lowest BCUT2D eigenvalue weighted by Crippen LogP contribution is -2.41. The van der Waals surface area contributed by atoms with Crippen molar-refractivity contribution in [2.24, 2.45) is 5.92 Å². The van der Waals surface area contributed by atoms with Gasteiger partial charge in [0.2, 0.25) is 5.91 Å². The number of benzene rings is 2. The highest BCUT2D eigenvalue weighted by Crippen LogP contribution is 2.28. The number of anilines is 1. The molecule has 2 aromatic heterocycles. The highest BCUT2D eigenvalue weighted by atomic mass is 16.1. The molecule has 1 N–H and O–H groups in total. The molecule has 0 atom stereocenters. The van der Waals surface area contributed by atoms with Gasteiger partial charge in [0.15, 0.2) is 5.82 Å². The summed E-state index contributed by atoms with van der Waals surface area (Å²) in [7, 11) is 0. The summed E-state index contributed by atoms with van der Waals surface area (Å²) in [5.74, 6) is 1.33. The van der Waals surface area contributed by atoms with E-state index in [1.165, 1.54) is 11.1 Å². The highest BCUT2D eigenvalue weighted by Gasteiger charge is 2.26. The summed E-state index contributed by atoms with van der Waals surface area (Å²) in [5, 5.41) is 12.0. The van der Waals surface area contributed by atoms with Crippen molar-refractivity contribution in [1.82, 2.24) is 20.5 Å². The first-order valence-electron chi connectivity index (χ1n) is 12.6. The van der Waals surface area contributed by atoms with Gasteiger partial charge in [-0.3, -0.25) is 9.78 Å². The number of carbonyl (C=O) groups excluding carboxylic acids is 1. The second-order valence-corrected chi connectivity index (χ2v) is 9.23. The van der Waals surface area contributed by atoms with E-state index < -0.39 is 0 Å². The molecule has 5 rings (SSSR count). The van der Waals surface area contributed by atoms with E-state index in [1.54, 1.807) is 12.4 Å². The number of nitrogens with one attached hydrogen (secondary N) is 1. The van der Waals surface area contributed by atoms with E-state index in [-0.39, 0.29) is 17.7 Å².